The fourth-order valence-electron chi connectivity index (χ4n) is 3.43. The second-order valence-corrected chi connectivity index (χ2v) is 9.57. The standard InChI is InChI=1S/C23H25N2O3P/c1-3-22(25(26)27)23(19-16-14-18(2)15-17-19)24-29(28,20-10-6-4-7-11-20)21-12-8-5-9-13-21/h4-17,22-23H,3H2,1-2H3,(H,24,28). The maximum absolute atomic E-state index is 14.4. The van der Waals surface area contributed by atoms with Gasteiger partial charge in [0.2, 0.25) is 13.3 Å². The van der Waals surface area contributed by atoms with E-state index in [1.165, 1.54) is 0 Å². The highest BCUT2D eigenvalue weighted by atomic mass is 31.2. The van der Waals surface area contributed by atoms with Gasteiger partial charge in [-0.15, -0.1) is 0 Å². The van der Waals surface area contributed by atoms with E-state index in [1.54, 1.807) is 31.2 Å². The lowest BCUT2D eigenvalue weighted by Gasteiger charge is -2.28. The van der Waals surface area contributed by atoms with Gasteiger partial charge in [-0.1, -0.05) is 73.2 Å². The van der Waals surface area contributed by atoms with Crippen molar-refractivity contribution in [3.05, 3.63) is 106 Å². The third-order valence-corrected chi connectivity index (χ3v) is 7.76. The second kappa shape index (κ2) is 9.17. The van der Waals surface area contributed by atoms with Crippen LogP contribution in [0, 0.1) is 17.0 Å². The van der Waals surface area contributed by atoms with Crippen molar-refractivity contribution in [3.63, 3.8) is 0 Å². The molecule has 0 fully saturated rings. The first-order valence-electron chi connectivity index (χ1n) is 9.65. The Morgan fingerprint density at radius 3 is 1.79 bits per heavy atom. The molecule has 0 aromatic heterocycles. The number of hydrogen-bond acceptors (Lipinski definition) is 3. The van der Waals surface area contributed by atoms with Crippen molar-refractivity contribution in [1.82, 2.24) is 5.09 Å². The Balaban J connectivity index is 2.14. The monoisotopic (exact) mass is 408 g/mol. The maximum atomic E-state index is 14.4. The summed E-state index contributed by atoms with van der Waals surface area (Å²) in [5.41, 5.74) is 1.82. The molecule has 5 nitrogen and oxygen atoms in total. The van der Waals surface area contributed by atoms with Crippen LogP contribution in [0.25, 0.3) is 0 Å². The highest BCUT2D eigenvalue weighted by Crippen LogP contribution is 2.43. The van der Waals surface area contributed by atoms with Crippen molar-refractivity contribution in [2.75, 3.05) is 0 Å². The highest BCUT2D eigenvalue weighted by molar-refractivity contribution is 7.76. The SMILES string of the molecule is CCC(C(NP(=O)(c1ccccc1)c1ccccc1)c1ccc(C)cc1)[N+](=O)[O-]. The van der Waals surface area contributed by atoms with Gasteiger partial charge in [0.05, 0.1) is 0 Å². The molecular formula is C23H25N2O3P. The van der Waals surface area contributed by atoms with Crippen molar-refractivity contribution < 1.29 is 9.49 Å². The van der Waals surface area contributed by atoms with Crippen LogP contribution in [0.2, 0.25) is 0 Å². The molecule has 2 atom stereocenters. The van der Waals surface area contributed by atoms with Gasteiger partial charge < -0.3 is 0 Å². The molecule has 0 aliphatic carbocycles. The molecule has 3 aromatic rings. The summed E-state index contributed by atoms with van der Waals surface area (Å²) in [6.07, 6.45) is 0.322. The summed E-state index contributed by atoms with van der Waals surface area (Å²) in [5, 5.41) is 16.3. The normalized spacial score (nSPS) is 13.6. The minimum Gasteiger partial charge on any atom is -0.296 e. The van der Waals surface area contributed by atoms with Gasteiger partial charge in [0.15, 0.2) is 0 Å². The van der Waals surface area contributed by atoms with Crippen molar-refractivity contribution in [1.29, 1.82) is 0 Å². The minimum absolute atomic E-state index is 0.280. The molecule has 29 heavy (non-hydrogen) atoms. The molecule has 0 aliphatic heterocycles. The van der Waals surface area contributed by atoms with Crippen LogP contribution in [0.5, 0.6) is 0 Å². The van der Waals surface area contributed by atoms with E-state index in [0.717, 1.165) is 11.1 Å². The summed E-state index contributed by atoms with van der Waals surface area (Å²) >= 11 is 0. The first-order valence-corrected chi connectivity index (χ1v) is 11.4. The number of aryl methyl sites for hydroxylation is 1. The first kappa shape index (κ1) is 21.0. The van der Waals surface area contributed by atoms with Crippen molar-refractivity contribution >= 4 is 17.9 Å². The Hall–Kier alpha value is -2.75. The average Bonchev–Trinajstić information content (AvgIpc) is 2.75. The Labute approximate surface area is 171 Å². The third-order valence-electron chi connectivity index (χ3n) is 5.07. The number of nitro groups is 1. The van der Waals surface area contributed by atoms with Gasteiger partial charge in [-0.05, 0) is 36.8 Å². The van der Waals surface area contributed by atoms with E-state index in [2.05, 4.69) is 5.09 Å². The highest BCUT2D eigenvalue weighted by Gasteiger charge is 2.38. The minimum atomic E-state index is -3.32. The van der Waals surface area contributed by atoms with Gasteiger partial charge in [-0.25, -0.2) is 5.09 Å². The summed E-state index contributed by atoms with van der Waals surface area (Å²) in [6, 6.07) is 24.3. The summed E-state index contributed by atoms with van der Waals surface area (Å²) in [5.74, 6) is 0. The van der Waals surface area contributed by atoms with Crippen LogP contribution in [0.1, 0.15) is 30.5 Å². The molecule has 0 heterocycles. The van der Waals surface area contributed by atoms with E-state index in [1.807, 2.05) is 67.6 Å². The molecule has 1 N–H and O–H groups in total. The largest absolute Gasteiger partial charge is 0.296 e. The molecule has 0 aliphatic rings. The van der Waals surface area contributed by atoms with Crippen LogP contribution >= 0.6 is 7.29 Å². The molecule has 0 radical (unpaired) electrons. The summed E-state index contributed by atoms with van der Waals surface area (Å²) < 4.78 is 14.4. The molecule has 3 aromatic carbocycles. The van der Waals surface area contributed by atoms with Gasteiger partial charge in [-0.2, -0.15) is 0 Å². The van der Waals surface area contributed by atoms with Gasteiger partial charge in [0.1, 0.15) is 6.04 Å². The predicted octanol–water partition coefficient (Wildman–Crippen LogP) is 4.61. The van der Waals surface area contributed by atoms with Gasteiger partial charge in [0.25, 0.3) is 0 Å². The molecular weight excluding hydrogens is 383 g/mol. The van der Waals surface area contributed by atoms with Crippen molar-refractivity contribution in [2.45, 2.75) is 32.4 Å². The van der Waals surface area contributed by atoms with E-state index >= 15 is 0 Å². The molecule has 0 amide bonds. The Morgan fingerprint density at radius 1 is 0.897 bits per heavy atom. The topological polar surface area (TPSA) is 72.2 Å². The Kier molecular flexibility index (Phi) is 6.63. The number of nitrogens with zero attached hydrogens (tertiary/aromatic N) is 1. The first-order chi connectivity index (χ1) is 14.0. The fraction of sp³-hybridized carbons (Fsp3) is 0.217. The quantitative estimate of drug-likeness (QED) is 0.336. The number of rotatable bonds is 8. The third kappa shape index (κ3) is 4.64. The van der Waals surface area contributed by atoms with Crippen LogP contribution in [0.4, 0.5) is 0 Å². The fourth-order valence-corrected chi connectivity index (χ4v) is 5.93. The summed E-state index contributed by atoms with van der Waals surface area (Å²) in [6.45, 7) is 3.75. The Morgan fingerprint density at radius 2 is 1.38 bits per heavy atom. The summed E-state index contributed by atoms with van der Waals surface area (Å²) in [7, 11) is -3.32. The number of nitrogens with one attached hydrogen (secondary N) is 1. The zero-order valence-corrected chi connectivity index (χ0v) is 17.5. The van der Waals surface area contributed by atoms with Gasteiger partial charge in [0, 0.05) is 22.0 Å². The van der Waals surface area contributed by atoms with Crippen LogP contribution in [0.15, 0.2) is 84.9 Å². The van der Waals surface area contributed by atoms with E-state index < -0.39 is 19.4 Å². The average molecular weight is 408 g/mol. The van der Waals surface area contributed by atoms with E-state index in [4.69, 9.17) is 0 Å². The molecule has 2 unspecified atom stereocenters. The molecule has 6 heteroatoms. The van der Waals surface area contributed by atoms with Crippen LogP contribution in [0.3, 0.4) is 0 Å². The molecule has 0 spiro atoms. The van der Waals surface area contributed by atoms with Gasteiger partial charge >= 0.3 is 0 Å². The van der Waals surface area contributed by atoms with E-state index in [0.29, 0.717) is 17.0 Å². The van der Waals surface area contributed by atoms with E-state index in [-0.39, 0.29) is 4.92 Å². The molecule has 3 rings (SSSR count). The van der Waals surface area contributed by atoms with Gasteiger partial charge in [-0.3, -0.25) is 14.7 Å². The van der Waals surface area contributed by atoms with E-state index in [9.17, 15) is 14.7 Å². The zero-order valence-electron chi connectivity index (χ0n) is 16.6. The second-order valence-electron chi connectivity index (χ2n) is 7.06. The molecule has 150 valence electrons. The summed E-state index contributed by atoms with van der Waals surface area (Å²) in [4.78, 5) is 11.6. The molecule has 0 bridgehead atoms. The van der Waals surface area contributed by atoms with Crippen molar-refractivity contribution in [3.8, 4) is 0 Å². The van der Waals surface area contributed by atoms with Crippen LogP contribution in [-0.2, 0) is 4.57 Å². The van der Waals surface area contributed by atoms with Crippen LogP contribution in [-0.4, -0.2) is 11.0 Å². The Bertz CT molecular complexity index is 948. The smallest absolute Gasteiger partial charge is 0.232 e. The predicted molar refractivity (Wildman–Crippen MR) is 118 cm³/mol. The lowest BCUT2D eigenvalue weighted by atomic mass is 9.98. The number of benzene rings is 3. The lowest BCUT2D eigenvalue weighted by molar-refractivity contribution is -0.527. The zero-order chi connectivity index (χ0) is 20.9. The molecule has 0 saturated carbocycles. The van der Waals surface area contributed by atoms with Crippen molar-refractivity contribution in [2.24, 2.45) is 0 Å². The molecule has 0 saturated heterocycles. The number of hydrogen-bond donors (Lipinski definition) is 1. The van der Waals surface area contributed by atoms with Crippen LogP contribution < -0.4 is 15.7 Å². The maximum Gasteiger partial charge on any atom is 0.232 e. The lowest BCUT2D eigenvalue weighted by Crippen LogP contribution is -2.39.